The fourth-order valence-electron chi connectivity index (χ4n) is 2.02. The van der Waals surface area contributed by atoms with E-state index in [1.807, 2.05) is 44.2 Å². The predicted molar refractivity (Wildman–Crippen MR) is 87.7 cm³/mol. The molecule has 0 unspecified atom stereocenters. The maximum Gasteiger partial charge on any atom is 0.408 e. The molecular formula is C17H24N2O4. The molecule has 126 valence electrons. The summed E-state index contributed by atoms with van der Waals surface area (Å²) in [6.45, 7) is 6.92. The van der Waals surface area contributed by atoms with Gasteiger partial charge >= 0.3 is 6.09 Å². The van der Waals surface area contributed by atoms with E-state index in [0.717, 1.165) is 5.56 Å². The zero-order valence-electron chi connectivity index (χ0n) is 13.5. The molecule has 0 bridgehead atoms. The van der Waals surface area contributed by atoms with Gasteiger partial charge in [-0.05, 0) is 11.5 Å². The van der Waals surface area contributed by atoms with Gasteiger partial charge in [0.15, 0.2) is 0 Å². The van der Waals surface area contributed by atoms with Crippen LogP contribution in [-0.4, -0.2) is 36.4 Å². The average Bonchev–Trinajstić information content (AvgIpc) is 2.55. The molecule has 0 aliphatic carbocycles. The van der Waals surface area contributed by atoms with Gasteiger partial charge in [-0.1, -0.05) is 56.8 Å². The molecule has 0 aliphatic rings. The van der Waals surface area contributed by atoms with Crippen LogP contribution in [0.15, 0.2) is 43.0 Å². The summed E-state index contributed by atoms with van der Waals surface area (Å²) >= 11 is 0. The molecule has 0 aromatic heterocycles. The second kappa shape index (κ2) is 9.63. The van der Waals surface area contributed by atoms with E-state index in [1.54, 1.807) is 0 Å². The average molecular weight is 320 g/mol. The molecule has 23 heavy (non-hydrogen) atoms. The summed E-state index contributed by atoms with van der Waals surface area (Å²) in [5.74, 6) is -0.514. The van der Waals surface area contributed by atoms with Gasteiger partial charge in [0.2, 0.25) is 5.91 Å². The molecule has 6 nitrogen and oxygen atoms in total. The van der Waals surface area contributed by atoms with Crippen LogP contribution >= 0.6 is 0 Å². The van der Waals surface area contributed by atoms with Crippen LogP contribution in [0.3, 0.4) is 0 Å². The van der Waals surface area contributed by atoms with Crippen molar-refractivity contribution < 1.29 is 19.4 Å². The Balaban J connectivity index is 2.73. The second-order valence-corrected chi connectivity index (χ2v) is 5.41. The number of aliphatic hydroxyl groups is 1. The SMILES string of the molecule is C=CCOC(=O)N[C@H](C(=O)N[C@@H](CO)c1ccccc1)C(C)C. The number of aliphatic hydroxyl groups excluding tert-OH is 1. The first-order chi connectivity index (χ1) is 11.0. The summed E-state index contributed by atoms with van der Waals surface area (Å²) in [5.41, 5.74) is 0.792. The van der Waals surface area contributed by atoms with Crippen molar-refractivity contribution in [3.05, 3.63) is 48.6 Å². The van der Waals surface area contributed by atoms with Crippen LogP contribution in [0.4, 0.5) is 4.79 Å². The summed E-state index contributed by atoms with van der Waals surface area (Å²) in [6.07, 6.45) is 0.764. The first-order valence-corrected chi connectivity index (χ1v) is 7.50. The predicted octanol–water partition coefficient (Wildman–Crippen LogP) is 1.77. The molecule has 0 saturated heterocycles. The molecule has 0 spiro atoms. The number of carbonyl (C=O) groups is 2. The van der Waals surface area contributed by atoms with Crippen LogP contribution in [0.2, 0.25) is 0 Å². The minimum Gasteiger partial charge on any atom is -0.445 e. The Labute approximate surface area is 136 Å². The Morgan fingerprint density at radius 3 is 2.43 bits per heavy atom. The summed E-state index contributed by atoms with van der Waals surface area (Å²) in [4.78, 5) is 24.1. The summed E-state index contributed by atoms with van der Waals surface area (Å²) in [7, 11) is 0. The lowest BCUT2D eigenvalue weighted by Gasteiger charge is -2.24. The lowest BCUT2D eigenvalue weighted by molar-refractivity contribution is -0.125. The van der Waals surface area contributed by atoms with Crippen molar-refractivity contribution in [2.75, 3.05) is 13.2 Å². The minimum absolute atomic E-state index is 0.0710. The van der Waals surface area contributed by atoms with Gasteiger partial charge in [0.05, 0.1) is 12.6 Å². The molecule has 1 aromatic rings. The van der Waals surface area contributed by atoms with E-state index in [4.69, 9.17) is 4.74 Å². The number of ether oxygens (including phenoxy) is 1. The molecule has 3 N–H and O–H groups in total. The van der Waals surface area contributed by atoms with E-state index in [2.05, 4.69) is 17.2 Å². The Morgan fingerprint density at radius 2 is 1.91 bits per heavy atom. The van der Waals surface area contributed by atoms with Gasteiger partial charge in [0.1, 0.15) is 12.6 Å². The van der Waals surface area contributed by atoms with Crippen LogP contribution in [-0.2, 0) is 9.53 Å². The summed E-state index contributed by atoms with van der Waals surface area (Å²) in [5, 5.41) is 14.8. The van der Waals surface area contributed by atoms with Crippen molar-refractivity contribution in [2.45, 2.75) is 25.9 Å². The maximum absolute atomic E-state index is 12.4. The van der Waals surface area contributed by atoms with Gasteiger partial charge < -0.3 is 20.5 Å². The van der Waals surface area contributed by atoms with E-state index >= 15 is 0 Å². The number of amides is 2. The third-order valence-electron chi connectivity index (χ3n) is 3.26. The molecule has 1 aromatic carbocycles. The van der Waals surface area contributed by atoms with Crippen molar-refractivity contribution in [3.63, 3.8) is 0 Å². The highest BCUT2D eigenvalue weighted by atomic mass is 16.5. The fourth-order valence-corrected chi connectivity index (χ4v) is 2.02. The number of nitrogens with one attached hydrogen (secondary N) is 2. The number of rotatable bonds is 8. The molecule has 2 amide bonds. The van der Waals surface area contributed by atoms with Crippen LogP contribution < -0.4 is 10.6 Å². The normalized spacial score (nSPS) is 13.0. The zero-order chi connectivity index (χ0) is 17.2. The first kappa shape index (κ1) is 18.7. The van der Waals surface area contributed by atoms with Gasteiger partial charge in [-0.15, -0.1) is 0 Å². The van der Waals surface area contributed by atoms with E-state index < -0.39 is 18.2 Å². The zero-order valence-corrected chi connectivity index (χ0v) is 13.5. The number of benzene rings is 1. The van der Waals surface area contributed by atoms with Crippen LogP contribution in [0.5, 0.6) is 0 Å². The molecule has 6 heteroatoms. The van der Waals surface area contributed by atoms with Crippen molar-refractivity contribution in [1.82, 2.24) is 10.6 Å². The molecule has 0 radical (unpaired) electrons. The molecule has 0 saturated carbocycles. The Bertz CT molecular complexity index is 517. The van der Waals surface area contributed by atoms with Gasteiger partial charge in [0, 0.05) is 0 Å². The van der Waals surface area contributed by atoms with E-state index in [0.29, 0.717) is 0 Å². The third-order valence-corrected chi connectivity index (χ3v) is 3.26. The lowest BCUT2D eigenvalue weighted by Crippen LogP contribution is -2.51. The Hall–Kier alpha value is -2.34. The number of alkyl carbamates (subject to hydrolysis) is 1. The molecule has 2 atom stereocenters. The second-order valence-electron chi connectivity index (χ2n) is 5.41. The largest absolute Gasteiger partial charge is 0.445 e. The highest BCUT2D eigenvalue weighted by molar-refractivity contribution is 5.86. The van der Waals surface area contributed by atoms with E-state index in [1.165, 1.54) is 6.08 Å². The number of carbonyl (C=O) groups excluding carboxylic acids is 2. The van der Waals surface area contributed by atoms with Crippen LogP contribution in [0, 0.1) is 5.92 Å². The monoisotopic (exact) mass is 320 g/mol. The number of hydrogen-bond donors (Lipinski definition) is 3. The lowest BCUT2D eigenvalue weighted by atomic mass is 10.0. The highest BCUT2D eigenvalue weighted by Gasteiger charge is 2.26. The van der Waals surface area contributed by atoms with Crippen LogP contribution in [0.1, 0.15) is 25.5 Å². The van der Waals surface area contributed by atoms with Gasteiger partial charge in [-0.25, -0.2) is 4.79 Å². The minimum atomic E-state index is -0.759. The van der Waals surface area contributed by atoms with Crippen LogP contribution in [0.25, 0.3) is 0 Å². The van der Waals surface area contributed by atoms with E-state index in [9.17, 15) is 14.7 Å². The third kappa shape index (κ3) is 6.12. The smallest absolute Gasteiger partial charge is 0.408 e. The summed E-state index contributed by atoms with van der Waals surface area (Å²) < 4.78 is 4.84. The molecule has 1 rings (SSSR count). The Morgan fingerprint density at radius 1 is 1.26 bits per heavy atom. The Kier molecular flexibility index (Phi) is 7.83. The fraction of sp³-hybridized carbons (Fsp3) is 0.412. The maximum atomic E-state index is 12.4. The van der Waals surface area contributed by atoms with E-state index in [-0.39, 0.29) is 25.0 Å². The van der Waals surface area contributed by atoms with Crippen molar-refractivity contribution in [2.24, 2.45) is 5.92 Å². The molecule has 0 heterocycles. The molecule has 0 aliphatic heterocycles. The standard InChI is InChI=1S/C17H24N2O4/c1-4-10-23-17(22)19-15(12(2)3)16(21)18-14(11-20)13-8-6-5-7-9-13/h4-9,12,14-15,20H,1,10-11H2,2-3H3,(H,18,21)(H,19,22)/t14-,15-/m0/s1. The summed E-state index contributed by atoms with van der Waals surface area (Å²) in [6, 6.07) is 7.85. The van der Waals surface area contributed by atoms with Crippen molar-refractivity contribution >= 4 is 12.0 Å². The van der Waals surface area contributed by atoms with Gasteiger partial charge in [0.25, 0.3) is 0 Å². The van der Waals surface area contributed by atoms with Gasteiger partial charge in [-0.3, -0.25) is 4.79 Å². The van der Waals surface area contributed by atoms with Gasteiger partial charge in [-0.2, -0.15) is 0 Å². The highest BCUT2D eigenvalue weighted by Crippen LogP contribution is 2.13. The number of hydrogen-bond acceptors (Lipinski definition) is 4. The van der Waals surface area contributed by atoms with Crippen molar-refractivity contribution in [1.29, 1.82) is 0 Å². The molecular weight excluding hydrogens is 296 g/mol. The quantitative estimate of drug-likeness (QED) is 0.637. The first-order valence-electron chi connectivity index (χ1n) is 7.50. The van der Waals surface area contributed by atoms with Crippen molar-refractivity contribution in [3.8, 4) is 0 Å². The topological polar surface area (TPSA) is 87.7 Å². The molecule has 0 fully saturated rings.